The van der Waals surface area contributed by atoms with Gasteiger partial charge in [0.2, 0.25) is 5.82 Å². The number of anilines is 2. The van der Waals surface area contributed by atoms with Gasteiger partial charge in [0.15, 0.2) is 0 Å². The Hall–Kier alpha value is -5.20. The van der Waals surface area contributed by atoms with Crippen LogP contribution in [0.1, 0.15) is 24.2 Å². The van der Waals surface area contributed by atoms with Gasteiger partial charge in [-0.1, -0.05) is 54.6 Å². The van der Waals surface area contributed by atoms with Crippen LogP contribution >= 0.6 is 0 Å². The molecule has 2 aromatic carbocycles. The minimum absolute atomic E-state index is 0.185. The zero-order chi connectivity index (χ0) is 28.0. The van der Waals surface area contributed by atoms with E-state index >= 15 is 0 Å². The number of hydrogen-bond donors (Lipinski definition) is 2. The van der Waals surface area contributed by atoms with Crippen molar-refractivity contribution in [1.82, 2.24) is 29.8 Å². The molecule has 4 heterocycles. The molecule has 3 N–H and O–H groups in total. The van der Waals surface area contributed by atoms with E-state index in [2.05, 4.69) is 49.4 Å². The van der Waals surface area contributed by atoms with Gasteiger partial charge in [-0.05, 0) is 36.6 Å². The van der Waals surface area contributed by atoms with Gasteiger partial charge in [0, 0.05) is 54.8 Å². The quantitative estimate of drug-likeness (QED) is 0.287. The normalized spacial score (nSPS) is 13.9. The number of benzene rings is 2. The van der Waals surface area contributed by atoms with E-state index in [1.54, 1.807) is 18.6 Å². The van der Waals surface area contributed by atoms with Gasteiger partial charge in [0.25, 0.3) is 0 Å². The zero-order valence-corrected chi connectivity index (χ0v) is 22.5. The molecule has 9 heteroatoms. The van der Waals surface area contributed by atoms with E-state index in [9.17, 15) is 0 Å². The molecule has 0 saturated carbocycles. The SMILES string of the molecule is N#Cc1nccc(NC2CCN(Cc3ccc(-c4nc(-c5ccccc5)cnc4-c4cccnc4N)cc3)CC2)n1. The first-order valence-electron chi connectivity index (χ1n) is 13.6. The van der Waals surface area contributed by atoms with Gasteiger partial charge in [-0.25, -0.2) is 19.9 Å². The van der Waals surface area contributed by atoms with E-state index in [0.717, 1.165) is 60.6 Å². The second kappa shape index (κ2) is 11.9. The first kappa shape index (κ1) is 26.0. The number of aromatic nitrogens is 5. The molecule has 0 spiro atoms. The molecular weight excluding hydrogens is 510 g/mol. The Morgan fingerprint density at radius 3 is 2.39 bits per heavy atom. The molecule has 6 rings (SSSR count). The van der Waals surface area contributed by atoms with Crippen LogP contribution in [0.5, 0.6) is 0 Å². The Kier molecular flexibility index (Phi) is 7.56. The summed E-state index contributed by atoms with van der Waals surface area (Å²) in [6, 6.07) is 26.5. The van der Waals surface area contributed by atoms with Gasteiger partial charge < -0.3 is 11.1 Å². The van der Waals surface area contributed by atoms with Crippen LogP contribution in [0.15, 0.2) is 91.4 Å². The fraction of sp³-hybridized carbons (Fsp3) is 0.188. The van der Waals surface area contributed by atoms with Crippen LogP contribution < -0.4 is 11.1 Å². The lowest BCUT2D eigenvalue weighted by Crippen LogP contribution is -2.38. The molecule has 41 heavy (non-hydrogen) atoms. The summed E-state index contributed by atoms with van der Waals surface area (Å²) in [6.07, 6.45) is 7.09. The zero-order valence-electron chi connectivity index (χ0n) is 22.5. The maximum Gasteiger partial charge on any atom is 0.234 e. The molecule has 1 aliphatic rings. The van der Waals surface area contributed by atoms with Gasteiger partial charge in [0.1, 0.15) is 23.4 Å². The number of hydrogen-bond acceptors (Lipinski definition) is 9. The predicted molar refractivity (Wildman–Crippen MR) is 159 cm³/mol. The molecule has 0 amide bonds. The number of nitrogen functional groups attached to an aromatic ring is 1. The second-order valence-electron chi connectivity index (χ2n) is 10.0. The summed E-state index contributed by atoms with van der Waals surface area (Å²) in [5.74, 6) is 1.32. The molecule has 0 atom stereocenters. The molecule has 1 aliphatic heterocycles. The lowest BCUT2D eigenvalue weighted by atomic mass is 10.0. The standard InChI is InChI=1S/C32H29N9/c33-19-29-35-16-12-28(40-29)38-25-13-17-41(18-14-25)21-22-8-10-24(11-9-22)30-31(26-7-4-15-36-32(26)34)37-20-27(39-30)23-5-2-1-3-6-23/h1-12,15-16,20,25H,13-14,17-18,21H2,(H2,34,36)(H,35,38,40). The maximum absolute atomic E-state index is 9.04. The highest BCUT2D eigenvalue weighted by Crippen LogP contribution is 2.33. The number of piperidine rings is 1. The summed E-state index contributed by atoms with van der Waals surface area (Å²) in [5, 5.41) is 12.5. The van der Waals surface area contributed by atoms with Crippen molar-refractivity contribution in [2.75, 3.05) is 24.1 Å². The number of rotatable bonds is 7. The maximum atomic E-state index is 9.04. The Labute approximate surface area is 238 Å². The predicted octanol–water partition coefficient (Wildman–Crippen LogP) is 5.19. The highest BCUT2D eigenvalue weighted by molar-refractivity contribution is 5.84. The first-order valence-corrected chi connectivity index (χ1v) is 13.6. The first-order chi connectivity index (χ1) is 20.2. The van der Waals surface area contributed by atoms with E-state index in [-0.39, 0.29) is 5.82 Å². The topological polar surface area (TPSA) is 130 Å². The van der Waals surface area contributed by atoms with Crippen molar-refractivity contribution in [3.63, 3.8) is 0 Å². The number of nitriles is 1. The van der Waals surface area contributed by atoms with Gasteiger partial charge in [0.05, 0.1) is 17.6 Å². The molecule has 0 unspecified atom stereocenters. The molecule has 0 bridgehead atoms. The highest BCUT2D eigenvalue weighted by Gasteiger charge is 2.20. The average molecular weight is 540 g/mol. The second-order valence-corrected chi connectivity index (χ2v) is 10.0. The molecule has 202 valence electrons. The Morgan fingerprint density at radius 2 is 1.63 bits per heavy atom. The monoisotopic (exact) mass is 539 g/mol. The van der Waals surface area contributed by atoms with E-state index in [4.69, 9.17) is 21.0 Å². The van der Waals surface area contributed by atoms with Gasteiger partial charge >= 0.3 is 0 Å². The molecule has 1 fully saturated rings. The van der Waals surface area contributed by atoms with Gasteiger partial charge in [-0.2, -0.15) is 5.26 Å². The number of pyridine rings is 1. The van der Waals surface area contributed by atoms with Crippen LogP contribution in [0, 0.1) is 11.3 Å². The van der Waals surface area contributed by atoms with Crippen molar-refractivity contribution in [2.24, 2.45) is 0 Å². The number of nitrogens with two attached hydrogens (primary N) is 1. The van der Waals surface area contributed by atoms with E-state index in [0.29, 0.717) is 23.4 Å². The molecule has 0 radical (unpaired) electrons. The van der Waals surface area contributed by atoms with Crippen molar-refractivity contribution < 1.29 is 0 Å². The van der Waals surface area contributed by atoms with E-state index in [1.807, 2.05) is 54.6 Å². The average Bonchev–Trinajstić information content (AvgIpc) is 3.03. The molecule has 1 saturated heterocycles. The van der Waals surface area contributed by atoms with E-state index < -0.39 is 0 Å². The lowest BCUT2D eigenvalue weighted by Gasteiger charge is -2.32. The Bertz CT molecular complexity index is 1670. The van der Waals surface area contributed by atoms with Crippen molar-refractivity contribution in [3.8, 4) is 39.8 Å². The summed E-state index contributed by atoms with van der Waals surface area (Å²) in [6.45, 7) is 2.83. The fourth-order valence-electron chi connectivity index (χ4n) is 5.12. The summed E-state index contributed by atoms with van der Waals surface area (Å²) < 4.78 is 0. The Balaban J connectivity index is 1.17. The highest BCUT2D eigenvalue weighted by atomic mass is 15.1. The van der Waals surface area contributed by atoms with Crippen LogP contribution in [0.2, 0.25) is 0 Å². The molecule has 9 nitrogen and oxygen atoms in total. The molecule has 3 aromatic heterocycles. The van der Waals surface area contributed by atoms with Crippen LogP contribution in [0.4, 0.5) is 11.6 Å². The minimum Gasteiger partial charge on any atom is -0.383 e. The minimum atomic E-state index is 0.185. The number of nitrogens with one attached hydrogen (secondary N) is 1. The third-order valence-corrected chi connectivity index (χ3v) is 7.26. The number of likely N-dealkylation sites (tertiary alicyclic amines) is 1. The summed E-state index contributed by atoms with van der Waals surface area (Å²) in [5.41, 5.74) is 12.5. The third kappa shape index (κ3) is 6.03. The molecular formula is C32H29N9. The lowest BCUT2D eigenvalue weighted by molar-refractivity contribution is 0.211. The number of nitrogens with zero attached hydrogens (tertiary/aromatic N) is 7. The summed E-state index contributed by atoms with van der Waals surface area (Å²) in [7, 11) is 0. The summed E-state index contributed by atoms with van der Waals surface area (Å²) >= 11 is 0. The largest absolute Gasteiger partial charge is 0.383 e. The van der Waals surface area contributed by atoms with Crippen LogP contribution in [-0.2, 0) is 6.54 Å². The van der Waals surface area contributed by atoms with Crippen LogP contribution in [0.25, 0.3) is 33.8 Å². The smallest absolute Gasteiger partial charge is 0.234 e. The molecule has 0 aliphatic carbocycles. The van der Waals surface area contributed by atoms with Crippen LogP contribution in [0.3, 0.4) is 0 Å². The van der Waals surface area contributed by atoms with Crippen molar-refractivity contribution in [1.29, 1.82) is 5.26 Å². The van der Waals surface area contributed by atoms with E-state index in [1.165, 1.54) is 5.56 Å². The summed E-state index contributed by atoms with van der Waals surface area (Å²) in [4.78, 5) is 24.8. The molecule has 5 aromatic rings. The van der Waals surface area contributed by atoms with Crippen molar-refractivity contribution in [2.45, 2.75) is 25.4 Å². The fourth-order valence-corrected chi connectivity index (χ4v) is 5.12. The van der Waals surface area contributed by atoms with Crippen LogP contribution in [-0.4, -0.2) is 49.0 Å². The van der Waals surface area contributed by atoms with Crippen molar-refractivity contribution >= 4 is 11.6 Å². The van der Waals surface area contributed by atoms with Gasteiger partial charge in [-0.3, -0.25) is 9.88 Å². The van der Waals surface area contributed by atoms with Crippen molar-refractivity contribution in [3.05, 3.63) is 103 Å². The Morgan fingerprint density at radius 1 is 0.829 bits per heavy atom. The third-order valence-electron chi connectivity index (χ3n) is 7.26. The van der Waals surface area contributed by atoms with Gasteiger partial charge in [-0.15, -0.1) is 0 Å².